The van der Waals surface area contributed by atoms with Crippen LogP contribution in [0.1, 0.15) is 114 Å². The lowest BCUT2D eigenvalue weighted by molar-refractivity contribution is 0.308. The first-order valence-corrected chi connectivity index (χ1v) is 13.0. The molecule has 2 aromatic carbocycles. The van der Waals surface area contributed by atoms with Crippen LogP contribution in [0.4, 0.5) is 0 Å². The highest BCUT2D eigenvalue weighted by atomic mass is 14.3. The summed E-state index contributed by atoms with van der Waals surface area (Å²) in [5, 5.41) is 0. The van der Waals surface area contributed by atoms with Crippen LogP contribution in [0.25, 0.3) is 11.1 Å². The zero-order valence-electron chi connectivity index (χ0n) is 19.4. The summed E-state index contributed by atoms with van der Waals surface area (Å²) < 4.78 is 0. The molecule has 0 N–H and O–H groups in total. The fourth-order valence-corrected chi connectivity index (χ4v) is 6.28. The van der Waals surface area contributed by atoms with Gasteiger partial charge in [-0.1, -0.05) is 88.1 Å². The smallest absolute Gasteiger partial charge is 0.0162 e. The SMILES string of the molecule is CCC[C@H]1CC[C@H](c2ccc(-c3ccc([C@H]4CC[C@H](CCC)CC4)cc3)cc2)CC1. The summed E-state index contributed by atoms with van der Waals surface area (Å²) in [6.07, 6.45) is 16.8. The third-order valence-electron chi connectivity index (χ3n) is 8.18. The average molecular weight is 403 g/mol. The van der Waals surface area contributed by atoms with E-state index in [1.165, 1.54) is 88.2 Å². The highest BCUT2D eigenvalue weighted by Gasteiger charge is 2.23. The van der Waals surface area contributed by atoms with Gasteiger partial charge in [-0.2, -0.15) is 0 Å². The predicted octanol–water partition coefficient (Wildman–Crippen LogP) is 9.50. The van der Waals surface area contributed by atoms with Gasteiger partial charge in [0.1, 0.15) is 0 Å². The van der Waals surface area contributed by atoms with Crippen LogP contribution in [0.15, 0.2) is 48.5 Å². The summed E-state index contributed by atoms with van der Waals surface area (Å²) in [5.74, 6) is 3.56. The van der Waals surface area contributed by atoms with Crippen LogP contribution in [-0.4, -0.2) is 0 Å². The molecule has 162 valence electrons. The molecule has 4 rings (SSSR count). The zero-order valence-corrected chi connectivity index (χ0v) is 19.4. The van der Waals surface area contributed by atoms with Crippen LogP contribution < -0.4 is 0 Å². The molecular formula is C30H42. The summed E-state index contributed by atoms with van der Waals surface area (Å²) in [5.41, 5.74) is 5.87. The van der Waals surface area contributed by atoms with E-state index in [4.69, 9.17) is 0 Å². The van der Waals surface area contributed by atoms with Crippen molar-refractivity contribution >= 4 is 0 Å². The second-order valence-corrected chi connectivity index (χ2v) is 10.3. The Morgan fingerprint density at radius 1 is 0.500 bits per heavy atom. The fraction of sp³-hybridized carbons (Fsp3) is 0.600. The molecule has 0 bridgehead atoms. The molecule has 2 fully saturated rings. The molecule has 0 heterocycles. The first-order chi connectivity index (χ1) is 14.8. The minimum atomic E-state index is 0.789. The summed E-state index contributed by atoms with van der Waals surface area (Å²) >= 11 is 0. The topological polar surface area (TPSA) is 0 Å². The molecule has 2 aliphatic rings. The monoisotopic (exact) mass is 402 g/mol. The summed E-state index contributed by atoms with van der Waals surface area (Å²) in [6.45, 7) is 4.66. The van der Waals surface area contributed by atoms with E-state index in [-0.39, 0.29) is 0 Å². The van der Waals surface area contributed by atoms with E-state index in [0.717, 1.165) is 23.7 Å². The van der Waals surface area contributed by atoms with E-state index in [9.17, 15) is 0 Å². The van der Waals surface area contributed by atoms with Crippen molar-refractivity contribution in [1.29, 1.82) is 0 Å². The molecule has 2 saturated carbocycles. The number of hydrogen-bond donors (Lipinski definition) is 0. The Labute approximate surface area is 185 Å². The molecule has 0 spiro atoms. The summed E-state index contributed by atoms with van der Waals surface area (Å²) in [4.78, 5) is 0. The standard InChI is InChI=1S/C30H42/c1-3-5-23-7-11-25(12-8-23)27-15-19-29(20-16-27)30-21-17-28(18-22-30)26-13-9-24(6-4-2)10-14-26/h15-26H,3-14H2,1-2H3/t23-,24-,25-,26-. The molecular weight excluding hydrogens is 360 g/mol. The Bertz CT molecular complexity index is 670. The Morgan fingerprint density at radius 2 is 0.833 bits per heavy atom. The molecule has 0 aliphatic heterocycles. The normalized spacial score (nSPS) is 27.1. The molecule has 0 saturated heterocycles. The van der Waals surface area contributed by atoms with Gasteiger partial charge in [0.05, 0.1) is 0 Å². The van der Waals surface area contributed by atoms with Gasteiger partial charge in [-0.25, -0.2) is 0 Å². The number of hydrogen-bond acceptors (Lipinski definition) is 0. The molecule has 2 aromatic rings. The van der Waals surface area contributed by atoms with Crippen LogP contribution in [-0.2, 0) is 0 Å². The van der Waals surface area contributed by atoms with E-state index in [2.05, 4.69) is 62.4 Å². The number of rotatable bonds is 7. The molecule has 0 nitrogen and oxygen atoms in total. The van der Waals surface area contributed by atoms with Crippen LogP contribution in [0.2, 0.25) is 0 Å². The second-order valence-electron chi connectivity index (χ2n) is 10.3. The second kappa shape index (κ2) is 10.7. The van der Waals surface area contributed by atoms with Crippen LogP contribution in [0.3, 0.4) is 0 Å². The average Bonchev–Trinajstić information content (AvgIpc) is 2.81. The lowest BCUT2D eigenvalue weighted by atomic mass is 9.77. The Balaban J connectivity index is 1.33. The van der Waals surface area contributed by atoms with Crippen LogP contribution in [0, 0.1) is 11.8 Å². The molecule has 0 unspecified atom stereocenters. The quantitative estimate of drug-likeness (QED) is 0.432. The van der Waals surface area contributed by atoms with Gasteiger partial charge in [0.15, 0.2) is 0 Å². The fourth-order valence-electron chi connectivity index (χ4n) is 6.28. The minimum Gasteiger partial charge on any atom is -0.0654 e. The third-order valence-corrected chi connectivity index (χ3v) is 8.18. The first kappa shape index (κ1) is 21.7. The van der Waals surface area contributed by atoms with Gasteiger partial charge in [-0.15, -0.1) is 0 Å². The maximum absolute atomic E-state index is 2.41. The van der Waals surface area contributed by atoms with Gasteiger partial charge in [0.25, 0.3) is 0 Å². The molecule has 0 heteroatoms. The Kier molecular flexibility index (Phi) is 7.69. The molecule has 0 radical (unpaired) electrons. The van der Waals surface area contributed by atoms with Crippen molar-refractivity contribution in [3.8, 4) is 11.1 Å². The molecule has 2 aliphatic carbocycles. The predicted molar refractivity (Wildman–Crippen MR) is 131 cm³/mol. The van der Waals surface area contributed by atoms with Crippen molar-refractivity contribution in [2.45, 2.75) is 103 Å². The van der Waals surface area contributed by atoms with Gasteiger partial charge in [0.2, 0.25) is 0 Å². The van der Waals surface area contributed by atoms with E-state index in [1.54, 1.807) is 11.1 Å². The van der Waals surface area contributed by atoms with Crippen LogP contribution in [0.5, 0.6) is 0 Å². The molecule has 0 atom stereocenters. The highest BCUT2D eigenvalue weighted by Crippen LogP contribution is 2.39. The lowest BCUT2D eigenvalue weighted by Crippen LogP contribution is -2.13. The Hall–Kier alpha value is -1.56. The highest BCUT2D eigenvalue weighted by molar-refractivity contribution is 5.64. The van der Waals surface area contributed by atoms with Crippen molar-refractivity contribution < 1.29 is 0 Å². The van der Waals surface area contributed by atoms with Crippen molar-refractivity contribution in [3.63, 3.8) is 0 Å². The zero-order chi connectivity index (χ0) is 20.8. The first-order valence-electron chi connectivity index (χ1n) is 13.0. The van der Waals surface area contributed by atoms with E-state index in [0.29, 0.717) is 0 Å². The van der Waals surface area contributed by atoms with Gasteiger partial charge in [-0.05, 0) is 97.3 Å². The molecule has 0 aromatic heterocycles. The third kappa shape index (κ3) is 5.37. The van der Waals surface area contributed by atoms with E-state index in [1.807, 2.05) is 0 Å². The minimum absolute atomic E-state index is 0.789. The van der Waals surface area contributed by atoms with Gasteiger partial charge < -0.3 is 0 Å². The molecule has 0 amide bonds. The van der Waals surface area contributed by atoms with Crippen molar-refractivity contribution in [3.05, 3.63) is 59.7 Å². The van der Waals surface area contributed by atoms with Crippen molar-refractivity contribution in [1.82, 2.24) is 0 Å². The summed E-state index contributed by atoms with van der Waals surface area (Å²) in [6, 6.07) is 19.1. The summed E-state index contributed by atoms with van der Waals surface area (Å²) in [7, 11) is 0. The van der Waals surface area contributed by atoms with Crippen molar-refractivity contribution in [2.75, 3.05) is 0 Å². The van der Waals surface area contributed by atoms with Crippen LogP contribution >= 0.6 is 0 Å². The lowest BCUT2D eigenvalue weighted by Gasteiger charge is -2.29. The maximum Gasteiger partial charge on any atom is -0.0162 e. The Morgan fingerprint density at radius 3 is 1.13 bits per heavy atom. The van der Waals surface area contributed by atoms with Crippen molar-refractivity contribution in [2.24, 2.45) is 11.8 Å². The van der Waals surface area contributed by atoms with Gasteiger partial charge in [0, 0.05) is 0 Å². The van der Waals surface area contributed by atoms with E-state index < -0.39 is 0 Å². The molecule has 30 heavy (non-hydrogen) atoms. The van der Waals surface area contributed by atoms with E-state index >= 15 is 0 Å². The largest absolute Gasteiger partial charge is 0.0654 e. The number of benzene rings is 2. The van der Waals surface area contributed by atoms with Gasteiger partial charge >= 0.3 is 0 Å². The van der Waals surface area contributed by atoms with Gasteiger partial charge in [-0.3, -0.25) is 0 Å². The maximum atomic E-state index is 2.41.